The van der Waals surface area contributed by atoms with Gasteiger partial charge in [0, 0.05) is 23.1 Å². The van der Waals surface area contributed by atoms with Crippen molar-refractivity contribution in [3.05, 3.63) is 89.2 Å². The van der Waals surface area contributed by atoms with Gasteiger partial charge in [-0.3, -0.25) is 4.79 Å². The number of esters is 1. The molecule has 198 valence electrons. The van der Waals surface area contributed by atoms with Crippen molar-refractivity contribution in [1.29, 1.82) is 0 Å². The van der Waals surface area contributed by atoms with Crippen molar-refractivity contribution in [1.82, 2.24) is 5.32 Å². The number of benzene rings is 3. The third-order valence-electron chi connectivity index (χ3n) is 5.89. The molecule has 1 heterocycles. The van der Waals surface area contributed by atoms with Crippen LogP contribution in [-0.4, -0.2) is 25.3 Å². The number of fused-ring (bicyclic) bond motifs is 1. The Morgan fingerprint density at radius 2 is 1.74 bits per heavy atom. The molecule has 1 aromatic heterocycles. The Morgan fingerprint density at radius 3 is 2.53 bits per heavy atom. The quantitative estimate of drug-likeness (QED) is 0.254. The van der Waals surface area contributed by atoms with Crippen LogP contribution in [0.3, 0.4) is 0 Å². The van der Waals surface area contributed by atoms with Gasteiger partial charge in [0.25, 0.3) is 0 Å². The summed E-state index contributed by atoms with van der Waals surface area (Å²) in [6.45, 7) is 5.05. The van der Waals surface area contributed by atoms with E-state index in [0.717, 1.165) is 33.2 Å². The van der Waals surface area contributed by atoms with E-state index in [0.29, 0.717) is 36.9 Å². The number of carbonyl (C=O) groups is 2. The summed E-state index contributed by atoms with van der Waals surface area (Å²) in [5.41, 5.74) is 11.1. The lowest BCUT2D eigenvalue weighted by Gasteiger charge is -2.13. The van der Waals surface area contributed by atoms with Crippen LogP contribution in [-0.2, 0) is 40.4 Å². The van der Waals surface area contributed by atoms with Crippen LogP contribution >= 0.6 is 0 Å². The minimum Gasteiger partial charge on any atom is -0.489 e. The van der Waals surface area contributed by atoms with Gasteiger partial charge in [0.05, 0.1) is 26.2 Å². The Kier molecular flexibility index (Phi) is 9.00. The zero-order chi connectivity index (χ0) is 26.9. The fraction of sp³-hybridized carbons (Fsp3) is 0.267. The molecule has 8 nitrogen and oxygen atoms in total. The van der Waals surface area contributed by atoms with Crippen molar-refractivity contribution in [2.45, 2.75) is 40.0 Å². The summed E-state index contributed by atoms with van der Waals surface area (Å²) in [5.74, 6) is 0.926. The Morgan fingerprint density at radius 1 is 0.921 bits per heavy atom. The molecule has 0 bridgehead atoms. The number of nitrogens with one attached hydrogen (secondary N) is 1. The molecule has 0 aliphatic heterocycles. The normalized spacial score (nSPS) is 10.8. The van der Waals surface area contributed by atoms with Gasteiger partial charge in [0.15, 0.2) is 0 Å². The first kappa shape index (κ1) is 26.8. The molecule has 0 saturated carbocycles. The zero-order valence-corrected chi connectivity index (χ0v) is 21.6. The smallest absolute Gasteiger partial charge is 0.407 e. The summed E-state index contributed by atoms with van der Waals surface area (Å²) in [7, 11) is 0. The van der Waals surface area contributed by atoms with Crippen molar-refractivity contribution in [3.8, 4) is 16.9 Å². The van der Waals surface area contributed by atoms with E-state index in [9.17, 15) is 9.59 Å². The second kappa shape index (κ2) is 12.8. The standard InChI is InChI=1S/C30H32N2O6/c1-3-35-28(33)16-23-9-5-6-11-27(23)37-19-21-13-24-15-25(18-32-30(34)36-4-2)38-29(24)26(14-21)22-10-7-8-20(12-22)17-31/h5-15H,3-4,16-19,31H2,1-2H3,(H,32,34). The molecule has 4 rings (SSSR count). The largest absolute Gasteiger partial charge is 0.489 e. The van der Waals surface area contributed by atoms with Crippen LogP contribution in [0.4, 0.5) is 4.79 Å². The van der Waals surface area contributed by atoms with Crippen molar-refractivity contribution < 1.29 is 28.2 Å². The Hall–Kier alpha value is -4.30. The number of alkyl carbamates (subject to hydrolysis) is 1. The van der Waals surface area contributed by atoms with Gasteiger partial charge in [-0.05, 0) is 60.9 Å². The molecule has 3 aromatic carbocycles. The van der Waals surface area contributed by atoms with E-state index >= 15 is 0 Å². The van der Waals surface area contributed by atoms with Gasteiger partial charge in [-0.1, -0.05) is 36.4 Å². The molecule has 4 aromatic rings. The number of carbonyl (C=O) groups excluding carboxylic acids is 2. The maximum Gasteiger partial charge on any atom is 0.407 e. The molecule has 0 saturated heterocycles. The van der Waals surface area contributed by atoms with Gasteiger partial charge in [0.1, 0.15) is 23.7 Å². The molecule has 0 unspecified atom stereocenters. The topological polar surface area (TPSA) is 113 Å². The lowest BCUT2D eigenvalue weighted by Crippen LogP contribution is -2.23. The van der Waals surface area contributed by atoms with E-state index < -0.39 is 6.09 Å². The predicted molar refractivity (Wildman–Crippen MR) is 145 cm³/mol. The molecule has 0 fully saturated rings. The number of amides is 1. The van der Waals surface area contributed by atoms with Crippen LogP contribution in [0.15, 0.2) is 71.1 Å². The van der Waals surface area contributed by atoms with Crippen LogP contribution < -0.4 is 15.8 Å². The average molecular weight is 517 g/mol. The van der Waals surface area contributed by atoms with E-state index in [1.807, 2.05) is 66.7 Å². The molecule has 0 spiro atoms. The summed E-state index contributed by atoms with van der Waals surface area (Å²) in [5, 5.41) is 3.57. The fourth-order valence-electron chi connectivity index (χ4n) is 4.18. The third kappa shape index (κ3) is 6.72. The summed E-state index contributed by atoms with van der Waals surface area (Å²) < 4.78 is 22.4. The maximum atomic E-state index is 12.0. The maximum absolute atomic E-state index is 12.0. The van der Waals surface area contributed by atoms with Gasteiger partial charge >= 0.3 is 12.1 Å². The molecule has 0 aliphatic rings. The Balaban J connectivity index is 1.65. The minimum atomic E-state index is -0.501. The molecule has 0 radical (unpaired) electrons. The number of ether oxygens (including phenoxy) is 3. The molecule has 1 amide bonds. The monoisotopic (exact) mass is 516 g/mol. The second-order valence-corrected chi connectivity index (χ2v) is 8.63. The second-order valence-electron chi connectivity index (χ2n) is 8.63. The Labute approximate surface area is 221 Å². The third-order valence-corrected chi connectivity index (χ3v) is 5.89. The molecule has 3 N–H and O–H groups in total. The molecular weight excluding hydrogens is 484 g/mol. The average Bonchev–Trinajstić information content (AvgIpc) is 3.34. The van der Waals surface area contributed by atoms with Gasteiger partial charge in [-0.25, -0.2) is 4.79 Å². The van der Waals surface area contributed by atoms with Crippen LogP contribution in [0.2, 0.25) is 0 Å². The van der Waals surface area contributed by atoms with Crippen molar-refractivity contribution in [2.75, 3.05) is 13.2 Å². The minimum absolute atomic E-state index is 0.138. The highest BCUT2D eigenvalue weighted by Gasteiger charge is 2.15. The van der Waals surface area contributed by atoms with Gasteiger partial charge < -0.3 is 29.7 Å². The number of nitrogens with two attached hydrogens (primary N) is 1. The lowest BCUT2D eigenvalue weighted by molar-refractivity contribution is -0.142. The first-order valence-electron chi connectivity index (χ1n) is 12.6. The Bertz CT molecular complexity index is 1410. The van der Waals surface area contributed by atoms with E-state index in [-0.39, 0.29) is 25.5 Å². The summed E-state index contributed by atoms with van der Waals surface area (Å²) >= 11 is 0. The van der Waals surface area contributed by atoms with Crippen LogP contribution in [0.5, 0.6) is 5.75 Å². The predicted octanol–water partition coefficient (Wildman–Crippen LogP) is 5.49. The van der Waals surface area contributed by atoms with Crippen molar-refractivity contribution in [3.63, 3.8) is 0 Å². The highest BCUT2D eigenvalue weighted by Crippen LogP contribution is 2.34. The summed E-state index contributed by atoms with van der Waals surface area (Å²) in [6, 6.07) is 21.3. The van der Waals surface area contributed by atoms with Gasteiger partial charge in [-0.15, -0.1) is 0 Å². The number of hydrogen-bond donors (Lipinski definition) is 2. The number of hydrogen-bond acceptors (Lipinski definition) is 7. The summed E-state index contributed by atoms with van der Waals surface area (Å²) in [6.07, 6.45) is -0.363. The summed E-state index contributed by atoms with van der Waals surface area (Å²) in [4.78, 5) is 23.8. The molecule has 0 atom stereocenters. The number of rotatable bonds is 11. The first-order valence-corrected chi connectivity index (χ1v) is 12.6. The zero-order valence-electron chi connectivity index (χ0n) is 21.6. The van der Waals surface area contributed by atoms with E-state index in [2.05, 4.69) is 5.32 Å². The van der Waals surface area contributed by atoms with Crippen LogP contribution in [0, 0.1) is 0 Å². The van der Waals surface area contributed by atoms with Gasteiger partial charge in [0.2, 0.25) is 0 Å². The van der Waals surface area contributed by atoms with Gasteiger partial charge in [-0.2, -0.15) is 0 Å². The van der Waals surface area contributed by atoms with Crippen LogP contribution in [0.25, 0.3) is 22.1 Å². The number of para-hydroxylation sites is 1. The SMILES string of the molecule is CCOC(=O)Cc1ccccc1OCc1cc(-c2cccc(CN)c2)c2oc(CNC(=O)OCC)cc2c1. The fourth-order valence-corrected chi connectivity index (χ4v) is 4.18. The highest BCUT2D eigenvalue weighted by atomic mass is 16.5. The first-order chi connectivity index (χ1) is 18.5. The number of furan rings is 1. The van der Waals surface area contributed by atoms with Crippen LogP contribution in [0.1, 0.15) is 36.3 Å². The molecule has 8 heteroatoms. The molecule has 0 aliphatic carbocycles. The van der Waals surface area contributed by atoms with E-state index in [4.69, 9.17) is 24.4 Å². The van der Waals surface area contributed by atoms with E-state index in [1.54, 1.807) is 13.8 Å². The highest BCUT2D eigenvalue weighted by molar-refractivity contribution is 5.93. The van der Waals surface area contributed by atoms with Crippen molar-refractivity contribution in [2.24, 2.45) is 5.73 Å². The molecule has 38 heavy (non-hydrogen) atoms. The lowest BCUT2D eigenvalue weighted by atomic mass is 9.99. The molecular formula is C30H32N2O6. The van der Waals surface area contributed by atoms with E-state index in [1.165, 1.54) is 0 Å². The van der Waals surface area contributed by atoms with Crippen molar-refractivity contribution >= 4 is 23.0 Å².